The molecule has 1 N–H and O–H groups in total. The molecular weight excluding hydrogens is 346 g/mol. The predicted octanol–water partition coefficient (Wildman–Crippen LogP) is 3.08. The summed E-state index contributed by atoms with van der Waals surface area (Å²) in [5, 5.41) is 3.34. The summed E-state index contributed by atoms with van der Waals surface area (Å²) in [6.07, 6.45) is 0.543. The van der Waals surface area contributed by atoms with Crippen molar-refractivity contribution in [3.8, 4) is 0 Å². The molecule has 6 heteroatoms. The lowest BCUT2D eigenvalue weighted by Gasteiger charge is -2.62. The van der Waals surface area contributed by atoms with Crippen LogP contribution in [0.15, 0.2) is 35.3 Å². The Morgan fingerprint density at radius 3 is 2.38 bits per heavy atom. The maximum Gasteiger partial charge on any atom is 0.194 e. The molecule has 146 valence electrons. The minimum Gasteiger partial charge on any atom is -0.356 e. The molecule has 0 saturated carbocycles. The van der Waals surface area contributed by atoms with Crippen molar-refractivity contribution in [3.05, 3.63) is 35.9 Å². The van der Waals surface area contributed by atoms with Gasteiger partial charge in [-0.15, -0.1) is 0 Å². The topological polar surface area (TPSA) is 61.8 Å². The molecule has 0 spiro atoms. The third kappa shape index (κ3) is 4.78. The summed E-state index contributed by atoms with van der Waals surface area (Å²) >= 11 is 0. The number of nitrogens with zero attached hydrogens (tertiary/aromatic N) is 2. The highest BCUT2D eigenvalue weighted by Gasteiger charge is 2.53. The number of likely N-dealkylation sites (tertiary alicyclic amines) is 1. The van der Waals surface area contributed by atoms with Gasteiger partial charge in [0.25, 0.3) is 0 Å². The van der Waals surface area contributed by atoms with Crippen LogP contribution in [-0.4, -0.2) is 50.2 Å². The lowest BCUT2D eigenvalue weighted by atomic mass is 9.65. The van der Waals surface area contributed by atoms with Crippen LogP contribution >= 0.6 is 0 Å². The zero-order valence-electron chi connectivity index (χ0n) is 16.7. The van der Waals surface area contributed by atoms with Gasteiger partial charge in [-0.3, -0.25) is 4.99 Å². The van der Waals surface area contributed by atoms with Gasteiger partial charge in [0, 0.05) is 30.6 Å². The fraction of sp³-hybridized carbons (Fsp3) is 0.650. The first-order chi connectivity index (χ1) is 12.1. The maximum absolute atomic E-state index is 12.3. The van der Waals surface area contributed by atoms with Crippen LogP contribution in [0.5, 0.6) is 0 Å². The number of hydrogen-bond donors (Lipinski definition) is 1. The van der Waals surface area contributed by atoms with E-state index < -0.39 is 9.84 Å². The molecule has 0 aliphatic carbocycles. The number of rotatable bonds is 7. The number of sulfone groups is 1. The Hall–Kier alpha value is -1.56. The van der Waals surface area contributed by atoms with Crippen LogP contribution in [0.2, 0.25) is 0 Å². The van der Waals surface area contributed by atoms with Crippen molar-refractivity contribution in [2.75, 3.05) is 25.4 Å². The van der Waals surface area contributed by atoms with E-state index in [9.17, 15) is 8.42 Å². The molecule has 0 bridgehead atoms. The Labute approximate surface area is 158 Å². The summed E-state index contributed by atoms with van der Waals surface area (Å²) in [6.45, 7) is 13.3. The highest BCUT2D eigenvalue weighted by molar-refractivity contribution is 7.90. The molecule has 2 rings (SSSR count). The molecule has 0 amide bonds. The number of benzene rings is 1. The van der Waals surface area contributed by atoms with Gasteiger partial charge >= 0.3 is 0 Å². The normalized spacial score (nSPS) is 19.1. The molecule has 0 atom stereocenters. The minimum atomic E-state index is -3.10. The molecule has 5 nitrogen and oxygen atoms in total. The second-order valence-corrected chi connectivity index (χ2v) is 10.4. The average molecular weight is 380 g/mol. The van der Waals surface area contributed by atoms with Gasteiger partial charge in [-0.25, -0.2) is 8.42 Å². The Morgan fingerprint density at radius 2 is 1.85 bits per heavy atom. The minimum absolute atomic E-state index is 0.0351. The van der Waals surface area contributed by atoms with Crippen LogP contribution in [0.25, 0.3) is 0 Å². The second-order valence-electron chi connectivity index (χ2n) is 8.20. The van der Waals surface area contributed by atoms with Crippen LogP contribution < -0.4 is 5.32 Å². The van der Waals surface area contributed by atoms with E-state index in [1.807, 2.05) is 30.3 Å². The zero-order valence-corrected chi connectivity index (χ0v) is 17.6. The van der Waals surface area contributed by atoms with Crippen molar-refractivity contribution in [2.24, 2.45) is 10.4 Å². The van der Waals surface area contributed by atoms with Crippen LogP contribution in [-0.2, 0) is 15.6 Å². The van der Waals surface area contributed by atoms with Crippen molar-refractivity contribution in [2.45, 2.75) is 52.3 Å². The standard InChI is InChI=1S/C20H33N3O2S/c1-6-21-18(23-16-19(2,3)20(23,4)5)22-13-10-14-26(24,25)15-17-11-8-7-9-12-17/h7-9,11-12H,6,10,13-16H2,1-5H3,(H,21,22). The van der Waals surface area contributed by atoms with Crippen molar-refractivity contribution in [1.82, 2.24) is 10.2 Å². The first-order valence-corrected chi connectivity index (χ1v) is 11.2. The van der Waals surface area contributed by atoms with Crippen molar-refractivity contribution in [1.29, 1.82) is 0 Å². The molecule has 1 aliphatic rings. The number of hydrogen-bond acceptors (Lipinski definition) is 3. The summed E-state index contributed by atoms with van der Waals surface area (Å²) in [4.78, 5) is 6.96. The van der Waals surface area contributed by atoms with E-state index in [4.69, 9.17) is 0 Å². The van der Waals surface area contributed by atoms with Crippen LogP contribution in [0.4, 0.5) is 0 Å². The summed E-state index contributed by atoms with van der Waals surface area (Å²) in [6, 6.07) is 9.34. The quantitative estimate of drug-likeness (QED) is 0.449. The smallest absolute Gasteiger partial charge is 0.194 e. The Balaban J connectivity index is 1.91. The highest BCUT2D eigenvalue weighted by atomic mass is 32.2. The Morgan fingerprint density at radius 1 is 1.19 bits per heavy atom. The van der Waals surface area contributed by atoms with E-state index in [1.165, 1.54) is 0 Å². The molecule has 1 heterocycles. The SMILES string of the molecule is CCNC(=NCCCS(=O)(=O)Cc1ccccc1)N1CC(C)(C)C1(C)C. The van der Waals surface area contributed by atoms with Gasteiger partial charge in [-0.1, -0.05) is 44.2 Å². The predicted molar refractivity (Wildman–Crippen MR) is 109 cm³/mol. The third-order valence-corrected chi connectivity index (χ3v) is 7.26. The fourth-order valence-corrected chi connectivity index (χ4v) is 4.58. The van der Waals surface area contributed by atoms with E-state index in [1.54, 1.807) is 0 Å². The number of guanidine groups is 1. The highest BCUT2D eigenvalue weighted by Crippen LogP contribution is 2.46. The molecule has 26 heavy (non-hydrogen) atoms. The van der Waals surface area contributed by atoms with E-state index in [2.05, 4.69) is 49.8 Å². The van der Waals surface area contributed by atoms with Crippen LogP contribution in [0.1, 0.15) is 46.6 Å². The summed E-state index contributed by atoms with van der Waals surface area (Å²) in [7, 11) is -3.10. The lowest BCUT2D eigenvalue weighted by Crippen LogP contribution is -2.72. The maximum atomic E-state index is 12.3. The van der Waals surface area contributed by atoms with Crippen molar-refractivity contribution >= 4 is 15.8 Å². The largest absolute Gasteiger partial charge is 0.356 e. The molecule has 1 fully saturated rings. The average Bonchev–Trinajstić information content (AvgIpc) is 2.56. The number of aliphatic imine (C=N–C) groups is 1. The van der Waals surface area contributed by atoms with E-state index in [0.717, 1.165) is 24.6 Å². The molecule has 1 aromatic carbocycles. The van der Waals surface area contributed by atoms with Crippen molar-refractivity contribution in [3.63, 3.8) is 0 Å². The third-order valence-electron chi connectivity index (χ3n) is 5.58. The number of nitrogens with one attached hydrogen (secondary N) is 1. The monoisotopic (exact) mass is 379 g/mol. The Bertz CT molecular complexity index is 725. The van der Waals surface area contributed by atoms with E-state index in [0.29, 0.717) is 13.0 Å². The van der Waals surface area contributed by atoms with Crippen LogP contribution in [0, 0.1) is 5.41 Å². The van der Waals surface area contributed by atoms with Gasteiger partial charge in [-0.2, -0.15) is 0 Å². The molecular formula is C20H33N3O2S. The summed E-state index contributed by atoms with van der Waals surface area (Å²) in [5.41, 5.74) is 1.11. The van der Waals surface area contributed by atoms with E-state index >= 15 is 0 Å². The van der Waals surface area contributed by atoms with Gasteiger partial charge in [0.05, 0.1) is 11.5 Å². The van der Waals surface area contributed by atoms with Gasteiger partial charge in [0.15, 0.2) is 15.8 Å². The Kier molecular flexibility index (Phi) is 6.37. The van der Waals surface area contributed by atoms with Gasteiger partial charge < -0.3 is 10.2 Å². The first kappa shape index (κ1) is 20.7. The summed E-state index contributed by atoms with van der Waals surface area (Å²) < 4.78 is 24.6. The molecule has 0 aromatic heterocycles. The molecule has 0 unspecified atom stereocenters. The second kappa shape index (κ2) is 7.99. The van der Waals surface area contributed by atoms with Gasteiger partial charge in [0.1, 0.15) is 0 Å². The first-order valence-electron chi connectivity index (χ1n) is 9.39. The summed E-state index contributed by atoms with van der Waals surface area (Å²) in [5.74, 6) is 1.15. The zero-order chi connectivity index (χ0) is 19.4. The molecule has 1 aliphatic heterocycles. The van der Waals surface area contributed by atoms with Crippen LogP contribution in [0.3, 0.4) is 0 Å². The molecule has 1 saturated heterocycles. The van der Waals surface area contributed by atoms with Gasteiger partial charge in [-0.05, 0) is 32.8 Å². The van der Waals surface area contributed by atoms with Crippen molar-refractivity contribution < 1.29 is 8.42 Å². The fourth-order valence-electron chi connectivity index (χ4n) is 3.16. The van der Waals surface area contributed by atoms with Gasteiger partial charge in [0.2, 0.25) is 0 Å². The van der Waals surface area contributed by atoms with E-state index in [-0.39, 0.29) is 22.5 Å². The lowest BCUT2D eigenvalue weighted by molar-refractivity contribution is -0.0667. The molecule has 1 aromatic rings. The molecule has 0 radical (unpaired) electrons.